The number of rotatable bonds is 10. The topological polar surface area (TPSA) is 71.3 Å². The Balaban J connectivity index is 1.47. The minimum absolute atomic E-state index is 0.106. The first-order valence-electron chi connectivity index (χ1n) is 12.0. The maximum atomic E-state index is 6.57. The summed E-state index contributed by atoms with van der Waals surface area (Å²) in [4.78, 5) is 13.2. The van der Waals surface area contributed by atoms with E-state index in [2.05, 4.69) is 40.7 Å². The number of hydrogen-bond donors (Lipinski definition) is 0. The number of nitrogens with zero attached hydrogens (tertiary/aromatic N) is 4. The van der Waals surface area contributed by atoms with E-state index in [-0.39, 0.29) is 10.9 Å². The van der Waals surface area contributed by atoms with Gasteiger partial charge in [0.2, 0.25) is 5.28 Å². The van der Waals surface area contributed by atoms with Gasteiger partial charge in [-0.05, 0) is 54.2 Å². The molecule has 0 saturated heterocycles. The van der Waals surface area contributed by atoms with Crippen LogP contribution in [0.3, 0.4) is 0 Å². The second kappa shape index (κ2) is 9.91. The van der Waals surface area contributed by atoms with Crippen molar-refractivity contribution < 1.29 is 14.2 Å². The number of pyridine rings is 1. The van der Waals surface area contributed by atoms with E-state index in [1.54, 1.807) is 13.3 Å². The summed E-state index contributed by atoms with van der Waals surface area (Å²) in [5.41, 5.74) is 3.25. The van der Waals surface area contributed by atoms with Crippen LogP contribution in [0.25, 0.3) is 33.1 Å². The number of benzene rings is 1. The summed E-state index contributed by atoms with van der Waals surface area (Å²) in [5.74, 6) is 0.717. The Hall–Kier alpha value is -2.23. The van der Waals surface area contributed by atoms with E-state index < -0.39 is 8.07 Å². The fourth-order valence-electron chi connectivity index (χ4n) is 4.10. The molecule has 3 aromatic heterocycles. The maximum absolute atomic E-state index is 6.57. The normalized spacial score (nSPS) is 15.1. The van der Waals surface area contributed by atoms with Crippen molar-refractivity contribution in [3.63, 3.8) is 0 Å². The van der Waals surface area contributed by atoms with Gasteiger partial charge in [0.05, 0.1) is 17.1 Å². The van der Waals surface area contributed by atoms with Crippen LogP contribution in [0, 0.1) is 0 Å². The van der Waals surface area contributed by atoms with Crippen molar-refractivity contribution in [3.8, 4) is 16.9 Å². The summed E-state index contributed by atoms with van der Waals surface area (Å²) < 4.78 is 19.5. The first kappa shape index (κ1) is 25.4. The van der Waals surface area contributed by atoms with Gasteiger partial charge in [-0.25, -0.2) is 4.98 Å². The molecule has 190 valence electrons. The molecule has 0 spiro atoms. The zero-order valence-corrected chi connectivity index (χ0v) is 23.5. The van der Waals surface area contributed by atoms with Gasteiger partial charge in [0, 0.05) is 38.9 Å². The first-order valence-corrected chi connectivity index (χ1v) is 16.5. The van der Waals surface area contributed by atoms with Gasteiger partial charge in [0.25, 0.3) is 0 Å². The molecule has 1 fully saturated rings. The third kappa shape index (κ3) is 5.53. The lowest BCUT2D eigenvalue weighted by atomic mass is 10.0. The third-order valence-corrected chi connectivity index (χ3v) is 8.73. The molecule has 7 nitrogen and oxygen atoms in total. The van der Waals surface area contributed by atoms with Crippen LogP contribution < -0.4 is 4.74 Å². The van der Waals surface area contributed by atoms with Crippen molar-refractivity contribution in [2.45, 2.75) is 50.9 Å². The lowest BCUT2D eigenvalue weighted by Gasteiger charge is -2.15. The Kier molecular flexibility index (Phi) is 7.00. The Morgan fingerprint density at radius 3 is 2.64 bits per heavy atom. The van der Waals surface area contributed by atoms with Crippen LogP contribution in [0.4, 0.5) is 0 Å². The van der Waals surface area contributed by atoms with E-state index >= 15 is 0 Å². The molecule has 1 saturated carbocycles. The van der Waals surface area contributed by atoms with Crippen LogP contribution in [0.2, 0.25) is 36.1 Å². The van der Waals surface area contributed by atoms with E-state index in [1.165, 1.54) is 0 Å². The molecule has 0 unspecified atom stereocenters. The number of hydrogen-bond acceptors (Lipinski definition) is 6. The molecule has 0 radical (unpaired) electrons. The highest BCUT2D eigenvalue weighted by Gasteiger charge is 2.44. The minimum Gasteiger partial charge on any atom is -0.489 e. The molecule has 0 amide bonds. The average molecular weight is 546 g/mol. The summed E-state index contributed by atoms with van der Waals surface area (Å²) in [6.45, 7) is 8.58. The smallest absolute Gasteiger partial charge is 0.225 e. The average Bonchev–Trinajstić information content (AvgIpc) is 3.53. The third-order valence-electron chi connectivity index (χ3n) is 6.58. The highest BCUT2D eigenvalue weighted by atomic mass is 35.5. The highest BCUT2D eigenvalue weighted by molar-refractivity contribution is 6.76. The van der Waals surface area contributed by atoms with Crippen molar-refractivity contribution in [1.82, 2.24) is 19.5 Å². The molecule has 1 aliphatic carbocycles. The SMILES string of the molecule is COC1(COc2cnc3ccc(-c4cn(COCC[Si](C)(C)C)c5nc(Cl)nc(Cl)c45)cc3c2)CC1. The van der Waals surface area contributed by atoms with E-state index in [9.17, 15) is 0 Å². The summed E-state index contributed by atoms with van der Waals surface area (Å²) in [7, 11) is 0.547. The number of ether oxygens (including phenoxy) is 3. The van der Waals surface area contributed by atoms with E-state index in [4.69, 9.17) is 37.4 Å². The molecule has 0 bridgehead atoms. The van der Waals surface area contributed by atoms with Gasteiger partial charge in [-0.2, -0.15) is 4.98 Å². The molecule has 0 aliphatic heterocycles. The van der Waals surface area contributed by atoms with Crippen LogP contribution >= 0.6 is 23.2 Å². The van der Waals surface area contributed by atoms with Crippen molar-refractivity contribution in [3.05, 3.63) is 47.1 Å². The van der Waals surface area contributed by atoms with Crippen LogP contribution in [0.1, 0.15) is 12.8 Å². The minimum atomic E-state index is -1.19. The van der Waals surface area contributed by atoms with Crippen molar-refractivity contribution in [1.29, 1.82) is 0 Å². The van der Waals surface area contributed by atoms with Crippen molar-refractivity contribution in [2.24, 2.45) is 0 Å². The van der Waals surface area contributed by atoms with Crippen LogP contribution in [0.15, 0.2) is 36.7 Å². The molecule has 1 aliphatic rings. The van der Waals surface area contributed by atoms with E-state index in [1.807, 2.05) is 29.0 Å². The Labute approximate surface area is 221 Å². The zero-order valence-electron chi connectivity index (χ0n) is 21.0. The van der Waals surface area contributed by atoms with Gasteiger partial charge in [-0.1, -0.05) is 37.3 Å². The molecular formula is C26H30Cl2N4O3Si. The molecule has 4 aromatic rings. The summed E-state index contributed by atoms with van der Waals surface area (Å²) >= 11 is 12.7. The Morgan fingerprint density at radius 1 is 1.11 bits per heavy atom. The van der Waals surface area contributed by atoms with Gasteiger partial charge in [-0.15, -0.1) is 0 Å². The van der Waals surface area contributed by atoms with Gasteiger partial charge < -0.3 is 18.8 Å². The number of halogens is 2. The van der Waals surface area contributed by atoms with Crippen molar-refractivity contribution in [2.75, 3.05) is 20.3 Å². The van der Waals surface area contributed by atoms with Crippen LogP contribution in [-0.4, -0.2) is 53.5 Å². The number of methoxy groups -OCH3 is 1. The highest BCUT2D eigenvalue weighted by Crippen LogP contribution is 2.40. The lowest BCUT2D eigenvalue weighted by Crippen LogP contribution is -2.22. The fourth-order valence-corrected chi connectivity index (χ4v) is 5.33. The number of aromatic nitrogens is 4. The predicted molar refractivity (Wildman–Crippen MR) is 147 cm³/mol. The molecule has 10 heteroatoms. The van der Waals surface area contributed by atoms with Crippen molar-refractivity contribution >= 4 is 53.2 Å². The largest absolute Gasteiger partial charge is 0.489 e. The summed E-state index contributed by atoms with van der Waals surface area (Å²) in [6.07, 6.45) is 5.80. The van der Waals surface area contributed by atoms with Gasteiger partial charge in [0.1, 0.15) is 35.5 Å². The second-order valence-corrected chi connectivity index (χ2v) is 16.9. The predicted octanol–water partition coefficient (Wildman–Crippen LogP) is 6.82. The monoisotopic (exact) mass is 544 g/mol. The maximum Gasteiger partial charge on any atom is 0.225 e. The van der Waals surface area contributed by atoms with Gasteiger partial charge in [-0.3, -0.25) is 4.98 Å². The summed E-state index contributed by atoms with van der Waals surface area (Å²) in [6, 6.07) is 9.18. The lowest BCUT2D eigenvalue weighted by molar-refractivity contribution is 0.0369. The second-order valence-electron chi connectivity index (χ2n) is 10.6. The molecule has 3 heterocycles. The van der Waals surface area contributed by atoms with Crippen LogP contribution in [-0.2, 0) is 16.2 Å². The van der Waals surface area contributed by atoms with Gasteiger partial charge >= 0.3 is 0 Å². The quantitative estimate of drug-likeness (QED) is 0.0942. The molecule has 5 rings (SSSR count). The molecule has 1 aromatic carbocycles. The molecule has 0 atom stereocenters. The first-order chi connectivity index (χ1) is 17.2. The Bertz CT molecular complexity index is 1420. The Morgan fingerprint density at radius 2 is 1.92 bits per heavy atom. The van der Waals surface area contributed by atoms with E-state index in [0.29, 0.717) is 36.5 Å². The van der Waals surface area contributed by atoms with Gasteiger partial charge in [0.15, 0.2) is 0 Å². The fraction of sp³-hybridized carbons (Fsp3) is 0.423. The zero-order chi connectivity index (χ0) is 25.5. The van der Waals surface area contributed by atoms with Crippen LogP contribution in [0.5, 0.6) is 5.75 Å². The molecule has 0 N–H and O–H groups in total. The summed E-state index contributed by atoms with van der Waals surface area (Å²) in [5, 5.41) is 2.12. The number of fused-ring (bicyclic) bond motifs is 2. The molecular weight excluding hydrogens is 515 g/mol. The van der Waals surface area contributed by atoms with E-state index in [0.717, 1.165) is 46.3 Å². The molecule has 36 heavy (non-hydrogen) atoms. The standard InChI is InChI=1S/C26H30Cl2N4O3Si/c1-33-26(7-8-26)15-35-19-12-18-11-17(5-6-21(18)29-13-19)20-14-32(16-34-9-10-36(2,3)4)24-22(20)23(27)30-25(28)31-24/h5-6,11-14H,7-10,15-16H2,1-4H3.